The van der Waals surface area contributed by atoms with Crippen LogP contribution in [-0.2, 0) is 16.1 Å². The zero-order chi connectivity index (χ0) is 27.4. The maximum Gasteiger partial charge on any atom is 0.249 e. The van der Waals surface area contributed by atoms with Crippen molar-refractivity contribution in [1.82, 2.24) is 20.3 Å². The minimum absolute atomic E-state index is 0.124. The molecule has 0 saturated carbocycles. The summed E-state index contributed by atoms with van der Waals surface area (Å²) in [5, 5.41) is 11.3. The molecule has 4 rings (SSSR count). The molecule has 1 aromatic heterocycles. The number of amides is 2. The average Bonchev–Trinajstić information content (AvgIpc) is 3.30. The van der Waals surface area contributed by atoms with Crippen molar-refractivity contribution in [3.63, 3.8) is 0 Å². The van der Waals surface area contributed by atoms with E-state index in [1.54, 1.807) is 30.3 Å². The number of nitrogens with one attached hydrogen (secondary N) is 1. The minimum atomic E-state index is -1.12. The number of para-hydroxylation sites is 1. The first kappa shape index (κ1) is 26.7. The molecule has 9 heteroatoms. The summed E-state index contributed by atoms with van der Waals surface area (Å²) in [7, 11) is 0. The molecule has 38 heavy (non-hydrogen) atoms. The summed E-state index contributed by atoms with van der Waals surface area (Å²) in [6.07, 6.45) is 0.654. The summed E-state index contributed by atoms with van der Waals surface area (Å²) in [5.74, 6) is -1.44. The summed E-state index contributed by atoms with van der Waals surface area (Å²) in [6.45, 7) is 6.99. The molecule has 0 radical (unpaired) electrons. The van der Waals surface area contributed by atoms with Gasteiger partial charge in [-0.3, -0.25) is 19.3 Å². The van der Waals surface area contributed by atoms with Crippen LogP contribution in [-0.4, -0.2) is 38.1 Å². The molecule has 4 aromatic rings. The van der Waals surface area contributed by atoms with Crippen LogP contribution in [0.4, 0.5) is 10.1 Å². The Morgan fingerprint density at radius 3 is 2.29 bits per heavy atom. The van der Waals surface area contributed by atoms with E-state index < -0.39 is 29.2 Å². The Kier molecular flexibility index (Phi) is 7.66. The number of fused-ring (bicyclic) bond motifs is 1. The standard InChI is InChI=1S/C29H30FN5O3/c1-5-29(3,4)31-28(38)27(21-10-14-22(30)15-11-21)35(23-16-12-20(13-17-23)19(2)36)26(37)18-34-25-9-7-6-8-24(25)32-33-34/h6-17,27H,5,18H2,1-4H3,(H,31,38). The molecule has 0 bridgehead atoms. The molecular formula is C29H30FN5O3. The lowest BCUT2D eigenvalue weighted by molar-refractivity contribution is -0.128. The second-order valence-corrected chi connectivity index (χ2v) is 9.78. The van der Waals surface area contributed by atoms with Gasteiger partial charge in [-0.1, -0.05) is 36.4 Å². The number of aromatic nitrogens is 3. The SMILES string of the molecule is CCC(C)(C)NC(=O)C(c1ccc(F)cc1)N(C(=O)Cn1nnc2ccccc21)c1ccc(C(C)=O)cc1. The summed E-state index contributed by atoms with van der Waals surface area (Å²) >= 11 is 0. The number of anilines is 1. The van der Waals surface area contributed by atoms with Gasteiger partial charge in [0.1, 0.15) is 23.9 Å². The van der Waals surface area contributed by atoms with Crippen LogP contribution in [0.5, 0.6) is 0 Å². The topological polar surface area (TPSA) is 97.2 Å². The number of carbonyl (C=O) groups is 3. The lowest BCUT2D eigenvalue weighted by atomic mass is 9.98. The van der Waals surface area contributed by atoms with Gasteiger partial charge >= 0.3 is 0 Å². The smallest absolute Gasteiger partial charge is 0.249 e. The van der Waals surface area contributed by atoms with Crippen molar-refractivity contribution < 1.29 is 18.8 Å². The number of carbonyl (C=O) groups excluding carboxylic acids is 3. The van der Waals surface area contributed by atoms with Gasteiger partial charge in [0.15, 0.2) is 5.78 Å². The molecule has 196 valence electrons. The predicted octanol–water partition coefficient (Wildman–Crippen LogP) is 4.85. The quantitative estimate of drug-likeness (QED) is 0.321. The van der Waals surface area contributed by atoms with Gasteiger partial charge in [0.2, 0.25) is 11.8 Å². The lowest BCUT2D eigenvalue weighted by Gasteiger charge is -2.34. The monoisotopic (exact) mass is 515 g/mol. The van der Waals surface area contributed by atoms with Crippen LogP contribution in [0.1, 0.15) is 56.1 Å². The van der Waals surface area contributed by atoms with Gasteiger partial charge in [-0.15, -0.1) is 5.10 Å². The first-order valence-corrected chi connectivity index (χ1v) is 12.4. The van der Waals surface area contributed by atoms with E-state index in [4.69, 9.17) is 0 Å². The zero-order valence-corrected chi connectivity index (χ0v) is 21.8. The summed E-state index contributed by atoms with van der Waals surface area (Å²) in [6, 6.07) is 18.1. The largest absolute Gasteiger partial charge is 0.349 e. The van der Waals surface area contributed by atoms with Crippen molar-refractivity contribution in [1.29, 1.82) is 0 Å². The molecule has 8 nitrogen and oxygen atoms in total. The van der Waals surface area contributed by atoms with E-state index in [-0.39, 0.29) is 12.3 Å². The fraction of sp³-hybridized carbons (Fsp3) is 0.276. The molecule has 0 aliphatic rings. The molecule has 0 fully saturated rings. The number of halogens is 1. The minimum Gasteiger partial charge on any atom is -0.349 e. The maximum atomic E-state index is 14.0. The second-order valence-electron chi connectivity index (χ2n) is 9.78. The highest BCUT2D eigenvalue weighted by Gasteiger charge is 2.35. The molecule has 1 heterocycles. The van der Waals surface area contributed by atoms with Crippen LogP contribution in [0, 0.1) is 5.82 Å². The van der Waals surface area contributed by atoms with Crippen LogP contribution in [0.15, 0.2) is 72.8 Å². The van der Waals surface area contributed by atoms with Crippen LogP contribution >= 0.6 is 0 Å². The van der Waals surface area contributed by atoms with Gasteiger partial charge in [0, 0.05) is 16.8 Å². The number of Topliss-reactive ketones (excluding diaryl/α,β-unsaturated/α-hetero) is 1. The molecule has 2 amide bonds. The van der Waals surface area contributed by atoms with Crippen molar-refractivity contribution in [2.75, 3.05) is 4.90 Å². The molecular weight excluding hydrogens is 485 g/mol. The van der Waals surface area contributed by atoms with Gasteiger partial charge in [0.25, 0.3) is 0 Å². The van der Waals surface area contributed by atoms with Crippen molar-refractivity contribution >= 4 is 34.3 Å². The number of hydrogen-bond acceptors (Lipinski definition) is 5. The molecule has 0 saturated heterocycles. The number of rotatable bonds is 9. The third kappa shape index (κ3) is 5.77. The molecule has 0 aliphatic carbocycles. The Morgan fingerprint density at radius 2 is 1.66 bits per heavy atom. The third-order valence-corrected chi connectivity index (χ3v) is 6.56. The maximum absolute atomic E-state index is 14.0. The fourth-order valence-corrected chi connectivity index (χ4v) is 4.09. The Labute approximate surface area is 220 Å². The molecule has 1 atom stereocenters. The molecule has 0 aliphatic heterocycles. The van der Waals surface area contributed by atoms with Crippen molar-refractivity contribution in [2.45, 2.75) is 52.2 Å². The van der Waals surface area contributed by atoms with Crippen molar-refractivity contribution in [2.24, 2.45) is 0 Å². The lowest BCUT2D eigenvalue weighted by Crippen LogP contribution is -2.51. The predicted molar refractivity (Wildman–Crippen MR) is 143 cm³/mol. The average molecular weight is 516 g/mol. The van der Waals surface area contributed by atoms with E-state index in [1.807, 2.05) is 39.0 Å². The number of nitrogens with zero attached hydrogens (tertiary/aromatic N) is 4. The van der Waals surface area contributed by atoms with Crippen LogP contribution in [0.2, 0.25) is 0 Å². The van der Waals surface area contributed by atoms with E-state index in [2.05, 4.69) is 15.6 Å². The van der Waals surface area contributed by atoms with Gasteiger partial charge < -0.3 is 5.32 Å². The Bertz CT molecular complexity index is 1460. The van der Waals surface area contributed by atoms with Gasteiger partial charge in [-0.2, -0.15) is 0 Å². The van der Waals surface area contributed by atoms with E-state index in [0.29, 0.717) is 34.3 Å². The normalized spacial score (nSPS) is 12.2. The van der Waals surface area contributed by atoms with Gasteiger partial charge in [-0.25, -0.2) is 9.07 Å². The van der Waals surface area contributed by atoms with Crippen LogP contribution < -0.4 is 10.2 Å². The highest BCUT2D eigenvalue weighted by molar-refractivity contribution is 6.02. The second kappa shape index (κ2) is 10.9. The third-order valence-electron chi connectivity index (χ3n) is 6.56. The van der Waals surface area contributed by atoms with Crippen LogP contribution in [0.25, 0.3) is 11.0 Å². The van der Waals surface area contributed by atoms with E-state index >= 15 is 0 Å². The Morgan fingerprint density at radius 1 is 1.00 bits per heavy atom. The Balaban J connectivity index is 1.83. The highest BCUT2D eigenvalue weighted by atomic mass is 19.1. The van der Waals surface area contributed by atoms with Crippen LogP contribution in [0.3, 0.4) is 0 Å². The molecule has 3 aromatic carbocycles. The fourth-order valence-electron chi connectivity index (χ4n) is 4.09. The molecule has 1 N–H and O–H groups in total. The first-order chi connectivity index (χ1) is 18.1. The van der Waals surface area contributed by atoms with E-state index in [0.717, 1.165) is 0 Å². The summed E-state index contributed by atoms with van der Waals surface area (Å²) < 4.78 is 15.3. The molecule has 1 unspecified atom stereocenters. The van der Waals surface area contributed by atoms with E-state index in [9.17, 15) is 18.8 Å². The van der Waals surface area contributed by atoms with Gasteiger partial charge in [-0.05, 0) is 81.3 Å². The van der Waals surface area contributed by atoms with Gasteiger partial charge in [0.05, 0.1) is 5.52 Å². The Hall–Kier alpha value is -4.40. The number of ketones is 1. The van der Waals surface area contributed by atoms with E-state index in [1.165, 1.54) is 40.8 Å². The van der Waals surface area contributed by atoms with Crippen molar-refractivity contribution in [3.8, 4) is 0 Å². The number of hydrogen-bond donors (Lipinski definition) is 1. The highest BCUT2D eigenvalue weighted by Crippen LogP contribution is 2.30. The van der Waals surface area contributed by atoms with Crippen molar-refractivity contribution in [3.05, 3.63) is 89.7 Å². The molecule has 0 spiro atoms. The summed E-state index contributed by atoms with van der Waals surface area (Å²) in [4.78, 5) is 41.1. The first-order valence-electron chi connectivity index (χ1n) is 12.4. The zero-order valence-electron chi connectivity index (χ0n) is 21.8. The number of benzene rings is 3. The summed E-state index contributed by atoms with van der Waals surface area (Å²) in [5.41, 5.74) is 2.06.